The van der Waals surface area contributed by atoms with Gasteiger partial charge in [-0.1, -0.05) is 36.9 Å². The summed E-state index contributed by atoms with van der Waals surface area (Å²) in [4.78, 5) is 22.1. The highest BCUT2D eigenvalue weighted by atomic mass is 35.5. The molecule has 1 aromatic rings. The molecule has 122 valence electrons. The minimum absolute atomic E-state index is 0.137. The third-order valence-corrected chi connectivity index (χ3v) is 3.61. The molecule has 2 N–H and O–H groups in total. The van der Waals surface area contributed by atoms with E-state index in [2.05, 4.69) is 5.32 Å². The predicted molar refractivity (Wildman–Crippen MR) is 83.5 cm³/mol. The van der Waals surface area contributed by atoms with E-state index in [1.54, 1.807) is 0 Å². The van der Waals surface area contributed by atoms with Crippen molar-refractivity contribution in [1.82, 2.24) is 5.32 Å². The van der Waals surface area contributed by atoms with Gasteiger partial charge in [0, 0.05) is 18.0 Å². The van der Waals surface area contributed by atoms with Crippen LogP contribution in [0.4, 0.5) is 4.39 Å². The van der Waals surface area contributed by atoms with E-state index in [0.29, 0.717) is 18.5 Å². The first-order valence-corrected chi connectivity index (χ1v) is 7.79. The van der Waals surface area contributed by atoms with E-state index in [0.717, 1.165) is 25.7 Å². The number of halogens is 2. The van der Waals surface area contributed by atoms with Crippen molar-refractivity contribution in [1.29, 1.82) is 0 Å². The molecule has 0 saturated carbocycles. The molecule has 0 atom stereocenters. The van der Waals surface area contributed by atoms with Crippen molar-refractivity contribution in [3.8, 4) is 0 Å². The summed E-state index contributed by atoms with van der Waals surface area (Å²) in [5, 5.41) is 11.5. The van der Waals surface area contributed by atoms with Crippen molar-refractivity contribution >= 4 is 23.5 Å². The predicted octanol–water partition coefficient (Wildman–Crippen LogP) is 3.56. The first kappa shape index (κ1) is 18.4. The van der Waals surface area contributed by atoms with E-state index >= 15 is 0 Å². The zero-order chi connectivity index (χ0) is 16.4. The first-order valence-electron chi connectivity index (χ1n) is 7.41. The number of hydrogen-bond acceptors (Lipinski definition) is 2. The molecule has 0 aromatic heterocycles. The van der Waals surface area contributed by atoms with Crippen LogP contribution in [-0.2, 0) is 16.0 Å². The maximum absolute atomic E-state index is 12.9. The average Bonchev–Trinajstić information content (AvgIpc) is 2.44. The molecule has 1 rings (SSSR count). The molecular weight excluding hydrogens is 309 g/mol. The van der Waals surface area contributed by atoms with Crippen LogP contribution in [0.1, 0.15) is 44.1 Å². The van der Waals surface area contributed by atoms with Gasteiger partial charge >= 0.3 is 5.97 Å². The number of carbonyl (C=O) groups is 2. The Hall–Kier alpha value is -1.62. The number of rotatable bonds is 10. The number of unbranched alkanes of at least 4 members (excludes halogenated alkanes) is 4. The fourth-order valence-electron chi connectivity index (χ4n) is 2.06. The Morgan fingerprint density at radius 1 is 1.14 bits per heavy atom. The monoisotopic (exact) mass is 329 g/mol. The largest absolute Gasteiger partial charge is 0.481 e. The summed E-state index contributed by atoms with van der Waals surface area (Å²) in [6, 6.07) is 3.99. The van der Waals surface area contributed by atoms with E-state index in [9.17, 15) is 14.0 Å². The Morgan fingerprint density at radius 2 is 1.82 bits per heavy atom. The normalized spacial score (nSPS) is 10.5. The summed E-state index contributed by atoms with van der Waals surface area (Å²) in [6.45, 7) is 0.580. The summed E-state index contributed by atoms with van der Waals surface area (Å²) in [6.07, 6.45) is 4.73. The van der Waals surface area contributed by atoms with Crippen molar-refractivity contribution in [3.63, 3.8) is 0 Å². The Bertz CT molecular complexity index is 508. The quantitative estimate of drug-likeness (QED) is 0.645. The molecule has 0 radical (unpaired) electrons. The molecule has 6 heteroatoms. The highest BCUT2D eigenvalue weighted by Crippen LogP contribution is 2.17. The fourth-order valence-corrected chi connectivity index (χ4v) is 2.29. The fraction of sp³-hybridized carbons (Fsp3) is 0.500. The summed E-state index contributed by atoms with van der Waals surface area (Å²) in [5.41, 5.74) is 0.606. The van der Waals surface area contributed by atoms with Crippen molar-refractivity contribution in [3.05, 3.63) is 34.6 Å². The Balaban J connectivity index is 2.10. The SMILES string of the molecule is O=C(O)CCCCCCCNC(=O)Cc1ccc(F)cc1Cl. The minimum atomic E-state index is -0.758. The van der Waals surface area contributed by atoms with Gasteiger partial charge in [-0.05, 0) is 30.5 Å². The molecule has 0 unspecified atom stereocenters. The van der Waals surface area contributed by atoms with Crippen LogP contribution in [0.2, 0.25) is 5.02 Å². The summed E-state index contributed by atoms with van der Waals surface area (Å²) in [5.74, 6) is -1.32. The molecule has 0 spiro atoms. The lowest BCUT2D eigenvalue weighted by molar-refractivity contribution is -0.137. The molecule has 1 aromatic carbocycles. The standard InChI is InChI=1S/C16H21ClFNO3/c17-14-11-13(18)8-7-12(14)10-15(20)19-9-5-3-1-2-4-6-16(21)22/h7-8,11H,1-6,9-10H2,(H,19,20)(H,21,22). The van der Waals surface area contributed by atoms with Gasteiger partial charge in [0.05, 0.1) is 6.42 Å². The number of benzene rings is 1. The van der Waals surface area contributed by atoms with Gasteiger partial charge in [-0.25, -0.2) is 4.39 Å². The third kappa shape index (κ3) is 7.98. The van der Waals surface area contributed by atoms with Crippen molar-refractivity contribution in [2.24, 2.45) is 0 Å². The van der Waals surface area contributed by atoms with Gasteiger partial charge in [0.25, 0.3) is 0 Å². The number of amides is 1. The van der Waals surface area contributed by atoms with E-state index in [4.69, 9.17) is 16.7 Å². The van der Waals surface area contributed by atoms with Crippen LogP contribution in [0.15, 0.2) is 18.2 Å². The van der Waals surface area contributed by atoms with Crippen LogP contribution in [-0.4, -0.2) is 23.5 Å². The lowest BCUT2D eigenvalue weighted by Crippen LogP contribution is -2.26. The highest BCUT2D eigenvalue weighted by Gasteiger charge is 2.07. The maximum atomic E-state index is 12.9. The van der Waals surface area contributed by atoms with Crippen LogP contribution in [0, 0.1) is 5.82 Å². The highest BCUT2D eigenvalue weighted by molar-refractivity contribution is 6.31. The van der Waals surface area contributed by atoms with Gasteiger partial charge in [-0.2, -0.15) is 0 Å². The van der Waals surface area contributed by atoms with Gasteiger partial charge < -0.3 is 10.4 Å². The minimum Gasteiger partial charge on any atom is -0.481 e. The molecule has 0 fully saturated rings. The van der Waals surface area contributed by atoms with Gasteiger partial charge in [0.2, 0.25) is 5.91 Å². The lowest BCUT2D eigenvalue weighted by atomic mass is 10.1. The third-order valence-electron chi connectivity index (χ3n) is 3.26. The molecule has 0 aliphatic heterocycles. The van der Waals surface area contributed by atoms with Crippen LogP contribution >= 0.6 is 11.6 Å². The molecule has 4 nitrogen and oxygen atoms in total. The van der Waals surface area contributed by atoms with Crippen molar-refractivity contribution < 1.29 is 19.1 Å². The van der Waals surface area contributed by atoms with Crippen LogP contribution in [0.3, 0.4) is 0 Å². The summed E-state index contributed by atoms with van der Waals surface area (Å²) < 4.78 is 12.9. The smallest absolute Gasteiger partial charge is 0.303 e. The van der Waals surface area contributed by atoms with Crippen LogP contribution in [0.5, 0.6) is 0 Å². The summed E-state index contributed by atoms with van der Waals surface area (Å²) >= 11 is 5.87. The van der Waals surface area contributed by atoms with E-state index in [1.807, 2.05) is 0 Å². The number of carboxylic acid groups (broad SMARTS) is 1. The van der Waals surface area contributed by atoms with Gasteiger partial charge in [0.1, 0.15) is 5.82 Å². The molecule has 1 amide bonds. The molecule has 0 bridgehead atoms. The molecule has 22 heavy (non-hydrogen) atoms. The van der Waals surface area contributed by atoms with E-state index in [-0.39, 0.29) is 23.8 Å². The number of carbonyl (C=O) groups excluding carboxylic acids is 1. The zero-order valence-corrected chi connectivity index (χ0v) is 13.2. The second kappa shape index (κ2) is 10.2. The van der Waals surface area contributed by atoms with Crippen molar-refractivity contribution in [2.45, 2.75) is 44.9 Å². The molecule has 0 heterocycles. The van der Waals surface area contributed by atoms with Crippen molar-refractivity contribution in [2.75, 3.05) is 6.54 Å². The maximum Gasteiger partial charge on any atom is 0.303 e. The number of hydrogen-bond donors (Lipinski definition) is 2. The van der Waals surface area contributed by atoms with Gasteiger partial charge in [-0.3, -0.25) is 9.59 Å². The Morgan fingerprint density at radius 3 is 2.50 bits per heavy atom. The van der Waals surface area contributed by atoms with Crippen LogP contribution < -0.4 is 5.32 Å². The number of aliphatic carboxylic acids is 1. The van der Waals surface area contributed by atoms with Gasteiger partial charge in [0.15, 0.2) is 0 Å². The number of carboxylic acids is 1. The molecule has 0 aliphatic carbocycles. The Kier molecular flexibility index (Phi) is 8.51. The van der Waals surface area contributed by atoms with Gasteiger partial charge in [-0.15, -0.1) is 0 Å². The van der Waals surface area contributed by atoms with E-state index < -0.39 is 11.8 Å². The average molecular weight is 330 g/mol. The Labute approximate surface area is 134 Å². The first-order chi connectivity index (χ1) is 10.5. The topological polar surface area (TPSA) is 66.4 Å². The zero-order valence-electron chi connectivity index (χ0n) is 12.4. The van der Waals surface area contributed by atoms with Crippen LogP contribution in [0.25, 0.3) is 0 Å². The van der Waals surface area contributed by atoms with E-state index in [1.165, 1.54) is 18.2 Å². The molecule has 0 aliphatic rings. The molecular formula is C16H21ClFNO3. The lowest BCUT2D eigenvalue weighted by Gasteiger charge is -2.07. The number of nitrogens with one attached hydrogen (secondary N) is 1. The summed E-state index contributed by atoms with van der Waals surface area (Å²) in [7, 11) is 0. The second-order valence-electron chi connectivity index (χ2n) is 5.17. The molecule has 0 saturated heterocycles. The second-order valence-corrected chi connectivity index (χ2v) is 5.58.